The number of esters is 1. The maximum absolute atomic E-state index is 11.9. The Bertz CT molecular complexity index is 399. The Labute approximate surface area is 205 Å². The maximum Gasteiger partial charge on any atom is 0.305 e. The number of likely N-dealkylation sites (N-methyl/N-ethyl adjacent to an activating group) is 1. The molecule has 3 nitrogen and oxygen atoms in total. The van der Waals surface area contributed by atoms with Gasteiger partial charge in [0.15, 0.2) is 0 Å². The van der Waals surface area contributed by atoms with Crippen LogP contribution in [0.4, 0.5) is 0 Å². The Kier molecular flexibility index (Phi) is 25.7. The number of unbranched alkanes of at least 4 members (excludes halogenated alkanes) is 15. The first-order valence-electron chi connectivity index (χ1n) is 13.1. The smallest absolute Gasteiger partial charge is 0.305 e. The van der Waals surface area contributed by atoms with Crippen LogP contribution in [0.1, 0.15) is 122 Å². The van der Waals surface area contributed by atoms with E-state index in [9.17, 15) is 4.79 Å². The van der Waals surface area contributed by atoms with Gasteiger partial charge in [0.25, 0.3) is 0 Å². The summed E-state index contributed by atoms with van der Waals surface area (Å²) in [7, 11) is 4.52. The number of carbonyl (C=O) groups excluding carboxylic acids is 1. The fraction of sp³-hybridized carbons (Fsp3) is 0.889. The lowest BCUT2D eigenvalue weighted by Crippen LogP contribution is -3.00. The van der Waals surface area contributed by atoms with Gasteiger partial charge in [-0.05, 0) is 32.1 Å². The van der Waals surface area contributed by atoms with Crippen molar-refractivity contribution in [2.45, 2.75) is 122 Å². The molecule has 4 heteroatoms. The van der Waals surface area contributed by atoms with Crippen molar-refractivity contribution in [1.29, 1.82) is 0 Å². The van der Waals surface area contributed by atoms with E-state index in [2.05, 4.69) is 27.6 Å². The van der Waals surface area contributed by atoms with Gasteiger partial charge >= 0.3 is 5.97 Å². The van der Waals surface area contributed by atoms with Crippen molar-refractivity contribution >= 4 is 5.97 Å². The summed E-state index contributed by atoms with van der Waals surface area (Å²) in [6, 6.07) is 0. The van der Waals surface area contributed by atoms with Gasteiger partial charge in [0.1, 0.15) is 13.2 Å². The van der Waals surface area contributed by atoms with E-state index in [1.54, 1.807) is 0 Å². The van der Waals surface area contributed by atoms with Gasteiger partial charge < -0.3 is 26.2 Å². The van der Waals surface area contributed by atoms with Crippen LogP contribution in [-0.2, 0) is 9.53 Å². The zero-order chi connectivity index (χ0) is 22.3. The van der Waals surface area contributed by atoms with Gasteiger partial charge in [-0.15, -0.1) is 6.58 Å². The summed E-state index contributed by atoms with van der Waals surface area (Å²) >= 11 is 0. The van der Waals surface area contributed by atoms with Crippen molar-refractivity contribution in [3.8, 4) is 0 Å². The summed E-state index contributed by atoms with van der Waals surface area (Å²) in [4.78, 5) is 11.9. The molecule has 0 fully saturated rings. The second-order valence-corrected chi connectivity index (χ2v) is 9.73. The zero-order valence-electron chi connectivity index (χ0n) is 21.3. The number of quaternary nitrogens is 1. The van der Waals surface area contributed by atoms with Crippen LogP contribution in [-0.4, -0.2) is 44.2 Å². The van der Waals surface area contributed by atoms with E-state index in [4.69, 9.17) is 4.74 Å². The second kappa shape index (κ2) is 24.3. The van der Waals surface area contributed by atoms with Crippen LogP contribution in [0.3, 0.4) is 0 Å². The van der Waals surface area contributed by atoms with E-state index in [-0.39, 0.29) is 23.0 Å². The van der Waals surface area contributed by atoms with Gasteiger partial charge in [0.05, 0.1) is 20.6 Å². The highest BCUT2D eigenvalue weighted by atomic mass is 79.9. The quantitative estimate of drug-likeness (QED) is 0.0862. The molecule has 0 rings (SSSR count). The molecular weight excluding hydrogens is 450 g/mol. The number of hydrogen-bond acceptors (Lipinski definition) is 2. The number of ether oxygens (including phenoxy) is 1. The largest absolute Gasteiger partial charge is 1.00 e. The predicted molar refractivity (Wildman–Crippen MR) is 132 cm³/mol. The van der Waals surface area contributed by atoms with Crippen LogP contribution in [0, 0.1) is 0 Å². The summed E-state index contributed by atoms with van der Waals surface area (Å²) in [6.45, 7) is 8.69. The Hall–Kier alpha value is -0.350. The van der Waals surface area contributed by atoms with Gasteiger partial charge in [-0.2, -0.15) is 0 Å². The molecule has 0 aliphatic carbocycles. The number of halogens is 1. The van der Waals surface area contributed by atoms with E-state index in [0.29, 0.717) is 13.0 Å². The third-order valence-electron chi connectivity index (χ3n) is 6.12. The molecule has 0 heterocycles. The first-order valence-corrected chi connectivity index (χ1v) is 13.1. The molecule has 31 heavy (non-hydrogen) atoms. The molecule has 186 valence electrons. The van der Waals surface area contributed by atoms with Crippen molar-refractivity contribution in [3.05, 3.63) is 12.7 Å². The Morgan fingerprint density at radius 1 is 0.742 bits per heavy atom. The minimum absolute atomic E-state index is 0. The summed E-state index contributed by atoms with van der Waals surface area (Å²) < 4.78 is 6.42. The molecule has 0 saturated heterocycles. The Balaban J connectivity index is 0. The monoisotopic (exact) mass is 503 g/mol. The van der Waals surface area contributed by atoms with E-state index < -0.39 is 0 Å². The lowest BCUT2D eigenvalue weighted by Gasteiger charge is -2.29. The molecule has 0 bridgehead atoms. The summed E-state index contributed by atoms with van der Waals surface area (Å²) in [5, 5.41) is 0. The predicted octanol–water partition coefficient (Wildman–Crippen LogP) is 4.84. The average molecular weight is 505 g/mol. The number of carbonyl (C=O) groups is 1. The molecule has 0 atom stereocenters. The first-order chi connectivity index (χ1) is 14.5. The van der Waals surface area contributed by atoms with E-state index in [0.717, 1.165) is 30.3 Å². The summed E-state index contributed by atoms with van der Waals surface area (Å²) in [6.07, 6.45) is 24.6. The van der Waals surface area contributed by atoms with Crippen LogP contribution in [0.25, 0.3) is 0 Å². The zero-order valence-corrected chi connectivity index (χ0v) is 22.9. The van der Waals surface area contributed by atoms with Crippen LogP contribution in [0.2, 0.25) is 0 Å². The van der Waals surface area contributed by atoms with Crippen molar-refractivity contribution in [1.82, 2.24) is 0 Å². The molecule has 0 aliphatic rings. The molecule has 0 aromatic carbocycles. The van der Waals surface area contributed by atoms with Gasteiger partial charge in [-0.1, -0.05) is 90.0 Å². The molecule has 0 aliphatic heterocycles. The molecule has 0 amide bonds. The van der Waals surface area contributed by atoms with E-state index in [1.807, 2.05) is 6.08 Å². The minimum atomic E-state index is -0.0133. The molecule has 0 radical (unpaired) electrons. The third-order valence-corrected chi connectivity index (χ3v) is 6.12. The average Bonchev–Trinajstić information content (AvgIpc) is 2.71. The minimum Gasteiger partial charge on any atom is -1.00 e. The van der Waals surface area contributed by atoms with E-state index in [1.165, 1.54) is 96.4 Å². The Morgan fingerprint density at radius 3 is 1.77 bits per heavy atom. The van der Waals surface area contributed by atoms with Crippen LogP contribution in [0.15, 0.2) is 12.7 Å². The molecule has 0 aromatic rings. The van der Waals surface area contributed by atoms with Crippen molar-refractivity contribution in [2.75, 3.05) is 33.8 Å². The van der Waals surface area contributed by atoms with Crippen molar-refractivity contribution in [2.24, 2.45) is 0 Å². The second-order valence-electron chi connectivity index (χ2n) is 9.73. The number of allylic oxidation sites excluding steroid dienone is 1. The lowest BCUT2D eigenvalue weighted by molar-refractivity contribution is -0.890. The maximum atomic E-state index is 11.9. The number of rotatable bonds is 23. The molecule has 0 N–H and O–H groups in total. The van der Waals surface area contributed by atoms with Gasteiger partial charge in [-0.3, -0.25) is 4.79 Å². The number of hydrogen-bond donors (Lipinski definition) is 0. The molecule has 0 aromatic heterocycles. The molecule has 0 unspecified atom stereocenters. The normalized spacial score (nSPS) is 11.2. The fourth-order valence-electron chi connectivity index (χ4n) is 3.88. The van der Waals surface area contributed by atoms with E-state index >= 15 is 0 Å². The highest BCUT2D eigenvalue weighted by Gasteiger charge is 2.15. The SMILES string of the molecule is C=CCCCCCCCCC(=O)OCC[N+](C)(C)CCCCCCCCCCCC.[Br-]. The van der Waals surface area contributed by atoms with Crippen LogP contribution >= 0.6 is 0 Å². The third kappa shape index (κ3) is 25.8. The highest BCUT2D eigenvalue weighted by molar-refractivity contribution is 5.69. The molecule has 0 spiro atoms. The van der Waals surface area contributed by atoms with Gasteiger partial charge in [-0.25, -0.2) is 0 Å². The lowest BCUT2D eigenvalue weighted by atomic mass is 10.1. The van der Waals surface area contributed by atoms with Crippen LogP contribution < -0.4 is 17.0 Å². The van der Waals surface area contributed by atoms with Crippen molar-refractivity contribution < 1.29 is 31.0 Å². The molecular formula is C27H54BrNO2. The molecule has 0 saturated carbocycles. The van der Waals surface area contributed by atoms with Gasteiger partial charge in [0.2, 0.25) is 0 Å². The van der Waals surface area contributed by atoms with Gasteiger partial charge in [0, 0.05) is 6.42 Å². The fourth-order valence-corrected chi connectivity index (χ4v) is 3.88. The first kappa shape index (κ1) is 32.8. The van der Waals surface area contributed by atoms with Crippen LogP contribution in [0.5, 0.6) is 0 Å². The summed E-state index contributed by atoms with van der Waals surface area (Å²) in [5.74, 6) is -0.0133. The number of nitrogens with zero attached hydrogens (tertiary/aromatic N) is 1. The van der Waals surface area contributed by atoms with Crippen molar-refractivity contribution in [3.63, 3.8) is 0 Å². The standard InChI is InChI=1S/C27H54NO2.BrH/c1-5-7-9-11-13-15-16-18-20-22-24-28(3,4)25-26-30-27(29)23-21-19-17-14-12-10-8-6-2;/h6H,2,5,7-26H2,1,3-4H3;1H/q+1;/p-1. The Morgan fingerprint density at radius 2 is 1.23 bits per heavy atom. The topological polar surface area (TPSA) is 26.3 Å². The highest BCUT2D eigenvalue weighted by Crippen LogP contribution is 2.12. The summed E-state index contributed by atoms with van der Waals surface area (Å²) in [5.41, 5.74) is 0.